The monoisotopic (exact) mass is 386 g/mol. The van der Waals surface area contributed by atoms with Crippen LogP contribution in [0.4, 0.5) is 5.00 Å². The number of carbonyl (C=O) groups excluding carboxylic acids is 1. The van der Waals surface area contributed by atoms with E-state index in [4.69, 9.17) is 11.6 Å². The minimum absolute atomic E-state index is 0.243. The van der Waals surface area contributed by atoms with E-state index in [1.165, 1.54) is 4.88 Å². The third kappa shape index (κ3) is 3.65. The number of aryl methyl sites for hydroxylation is 1. The molecule has 0 bridgehead atoms. The normalized spacial score (nSPS) is 16.7. The van der Waals surface area contributed by atoms with Gasteiger partial charge in [-0.3, -0.25) is 4.79 Å². The zero-order chi connectivity index (χ0) is 19.1. The molecule has 0 saturated carbocycles. The molecule has 1 aliphatic rings. The summed E-state index contributed by atoms with van der Waals surface area (Å²) in [7, 11) is 0. The Kier molecular flexibility index (Phi) is 5.14. The predicted molar refractivity (Wildman–Crippen MR) is 108 cm³/mol. The second kappa shape index (κ2) is 7.06. The minimum atomic E-state index is -0.266. The van der Waals surface area contributed by atoms with Crippen molar-refractivity contribution in [2.75, 3.05) is 5.32 Å². The van der Waals surface area contributed by atoms with Gasteiger partial charge in [0.15, 0.2) is 0 Å². The Labute approximate surface area is 164 Å². The van der Waals surface area contributed by atoms with Crippen LogP contribution < -0.4 is 5.32 Å². The number of thiophene rings is 1. The number of anilines is 1. The number of rotatable bonds is 2. The number of carbonyl (C=O) groups is 1. The van der Waals surface area contributed by atoms with E-state index in [-0.39, 0.29) is 11.3 Å². The van der Waals surface area contributed by atoms with Crippen LogP contribution in [0.3, 0.4) is 0 Å². The van der Waals surface area contributed by atoms with Crippen LogP contribution in [0.15, 0.2) is 18.2 Å². The van der Waals surface area contributed by atoms with Crippen LogP contribution in [-0.4, -0.2) is 5.91 Å². The lowest BCUT2D eigenvalue weighted by atomic mass is 9.72. The fraction of sp³-hybridized carbons (Fsp3) is 0.429. The molecule has 1 heterocycles. The van der Waals surface area contributed by atoms with Crippen molar-refractivity contribution in [3.63, 3.8) is 0 Å². The highest BCUT2D eigenvalue weighted by Gasteiger charge is 2.32. The van der Waals surface area contributed by atoms with Crippen molar-refractivity contribution >= 4 is 33.8 Å². The SMILES string of the molecule is Cc1ccc(C(=O)Nc2sc3c(c2C#N)CC[C@H](C(C)(C)C)C3)c(Cl)c1. The lowest BCUT2D eigenvalue weighted by Gasteiger charge is -2.33. The molecule has 1 N–H and O–H groups in total. The molecule has 5 heteroatoms. The highest BCUT2D eigenvalue weighted by molar-refractivity contribution is 7.16. The van der Waals surface area contributed by atoms with E-state index in [0.29, 0.717) is 27.1 Å². The minimum Gasteiger partial charge on any atom is -0.312 e. The summed E-state index contributed by atoms with van der Waals surface area (Å²) in [6, 6.07) is 7.66. The molecule has 1 aliphatic carbocycles. The van der Waals surface area contributed by atoms with Crippen LogP contribution in [0.5, 0.6) is 0 Å². The number of amides is 1. The number of hydrogen-bond donors (Lipinski definition) is 1. The molecule has 136 valence electrons. The van der Waals surface area contributed by atoms with Gasteiger partial charge in [-0.25, -0.2) is 0 Å². The van der Waals surface area contributed by atoms with Crippen LogP contribution in [0.1, 0.15) is 59.1 Å². The summed E-state index contributed by atoms with van der Waals surface area (Å²) >= 11 is 7.75. The van der Waals surface area contributed by atoms with Crippen molar-refractivity contribution in [2.24, 2.45) is 11.3 Å². The molecule has 0 fully saturated rings. The second-order valence-electron chi connectivity index (χ2n) is 8.06. The maximum atomic E-state index is 12.7. The molecule has 0 saturated heterocycles. The van der Waals surface area contributed by atoms with Gasteiger partial charge in [-0.1, -0.05) is 38.4 Å². The van der Waals surface area contributed by atoms with E-state index in [1.807, 2.05) is 13.0 Å². The molecule has 3 nitrogen and oxygen atoms in total. The van der Waals surface area contributed by atoms with Gasteiger partial charge in [-0.05, 0) is 60.8 Å². The molecule has 1 aromatic carbocycles. The fourth-order valence-corrected chi connectivity index (χ4v) is 5.10. The zero-order valence-corrected chi connectivity index (χ0v) is 17.1. The standard InChI is InChI=1S/C21H23ClN2OS/c1-12-5-7-15(17(22)9-12)19(25)24-20-16(11-23)14-8-6-13(21(2,3)4)10-18(14)26-20/h5,7,9,13H,6,8,10H2,1-4H3,(H,24,25)/t13-/m0/s1. The Bertz CT molecular complexity index is 902. The van der Waals surface area contributed by atoms with Gasteiger partial charge in [-0.2, -0.15) is 5.26 Å². The first kappa shape index (κ1) is 18.9. The number of hydrogen-bond acceptors (Lipinski definition) is 3. The van der Waals surface area contributed by atoms with Crippen LogP contribution >= 0.6 is 22.9 Å². The van der Waals surface area contributed by atoms with Gasteiger partial charge in [0.25, 0.3) is 5.91 Å². The molecular weight excluding hydrogens is 364 g/mol. The number of nitriles is 1. The van der Waals surface area contributed by atoms with E-state index in [2.05, 4.69) is 32.2 Å². The first-order chi connectivity index (χ1) is 12.2. The molecular formula is C21H23ClN2OS. The Morgan fingerprint density at radius 3 is 2.73 bits per heavy atom. The fourth-order valence-electron chi connectivity index (χ4n) is 3.51. The second-order valence-corrected chi connectivity index (χ2v) is 9.58. The molecule has 0 spiro atoms. The smallest absolute Gasteiger partial charge is 0.257 e. The summed E-state index contributed by atoms with van der Waals surface area (Å²) < 4.78 is 0. The van der Waals surface area contributed by atoms with Gasteiger partial charge in [0, 0.05) is 4.88 Å². The first-order valence-electron chi connectivity index (χ1n) is 8.83. The lowest BCUT2D eigenvalue weighted by molar-refractivity contribution is 0.102. The van der Waals surface area contributed by atoms with E-state index in [1.54, 1.807) is 23.5 Å². The van der Waals surface area contributed by atoms with Gasteiger partial charge in [-0.15, -0.1) is 11.3 Å². The molecule has 2 aromatic rings. The summed E-state index contributed by atoms with van der Waals surface area (Å²) in [6.07, 6.45) is 2.95. The van der Waals surface area contributed by atoms with Crippen LogP contribution in [-0.2, 0) is 12.8 Å². The maximum absolute atomic E-state index is 12.7. The molecule has 26 heavy (non-hydrogen) atoms. The Hall–Kier alpha value is -1.83. The van der Waals surface area contributed by atoms with Crippen LogP contribution in [0, 0.1) is 29.6 Å². The number of halogens is 1. The number of nitrogens with zero attached hydrogens (tertiary/aromatic N) is 1. The number of benzene rings is 1. The van der Waals surface area contributed by atoms with Crippen molar-refractivity contribution in [1.82, 2.24) is 0 Å². The van der Waals surface area contributed by atoms with Crippen molar-refractivity contribution in [3.8, 4) is 6.07 Å². The molecule has 0 unspecified atom stereocenters. The molecule has 3 rings (SSSR count). The maximum Gasteiger partial charge on any atom is 0.257 e. The van der Waals surface area contributed by atoms with E-state index < -0.39 is 0 Å². The Morgan fingerprint density at radius 2 is 2.12 bits per heavy atom. The van der Waals surface area contributed by atoms with E-state index >= 15 is 0 Å². The average molecular weight is 387 g/mol. The summed E-state index contributed by atoms with van der Waals surface area (Å²) in [6.45, 7) is 8.73. The molecule has 0 radical (unpaired) electrons. The molecule has 0 aliphatic heterocycles. The van der Waals surface area contributed by atoms with Crippen LogP contribution in [0.25, 0.3) is 0 Å². The third-order valence-corrected chi connectivity index (χ3v) is 6.68. The zero-order valence-electron chi connectivity index (χ0n) is 15.6. The number of nitrogens with one attached hydrogen (secondary N) is 1. The Balaban J connectivity index is 1.89. The van der Waals surface area contributed by atoms with Crippen molar-refractivity contribution < 1.29 is 4.79 Å². The van der Waals surface area contributed by atoms with Crippen molar-refractivity contribution in [1.29, 1.82) is 5.26 Å². The Morgan fingerprint density at radius 1 is 1.38 bits per heavy atom. The van der Waals surface area contributed by atoms with E-state index in [0.717, 1.165) is 30.4 Å². The lowest BCUT2D eigenvalue weighted by Crippen LogP contribution is -2.26. The van der Waals surface area contributed by atoms with Crippen molar-refractivity contribution in [3.05, 3.63) is 50.4 Å². The van der Waals surface area contributed by atoms with Crippen molar-refractivity contribution in [2.45, 2.75) is 47.0 Å². The largest absolute Gasteiger partial charge is 0.312 e. The predicted octanol–water partition coefficient (Wildman–Crippen LogP) is 5.98. The summed E-state index contributed by atoms with van der Waals surface area (Å²) in [5, 5.41) is 13.6. The highest BCUT2D eigenvalue weighted by atomic mass is 35.5. The molecule has 1 amide bonds. The first-order valence-corrected chi connectivity index (χ1v) is 10.0. The molecule has 1 aromatic heterocycles. The van der Waals surface area contributed by atoms with E-state index in [9.17, 15) is 10.1 Å². The highest BCUT2D eigenvalue weighted by Crippen LogP contribution is 2.44. The average Bonchev–Trinajstić information content (AvgIpc) is 2.89. The summed E-state index contributed by atoms with van der Waals surface area (Å²) in [5.41, 5.74) is 3.41. The number of fused-ring (bicyclic) bond motifs is 1. The molecule has 1 atom stereocenters. The third-order valence-electron chi connectivity index (χ3n) is 5.20. The quantitative estimate of drug-likeness (QED) is 0.689. The van der Waals surface area contributed by atoms with Gasteiger partial charge < -0.3 is 5.32 Å². The van der Waals surface area contributed by atoms with Gasteiger partial charge in [0.05, 0.1) is 16.1 Å². The van der Waals surface area contributed by atoms with Crippen LogP contribution in [0.2, 0.25) is 5.02 Å². The van der Waals surface area contributed by atoms with Gasteiger partial charge in [0.1, 0.15) is 11.1 Å². The van der Waals surface area contributed by atoms with Gasteiger partial charge >= 0.3 is 0 Å². The summed E-state index contributed by atoms with van der Waals surface area (Å²) in [5.74, 6) is 0.327. The summed E-state index contributed by atoms with van der Waals surface area (Å²) in [4.78, 5) is 13.9. The topological polar surface area (TPSA) is 52.9 Å². The van der Waals surface area contributed by atoms with Gasteiger partial charge in [0.2, 0.25) is 0 Å².